The molecule has 0 aromatic carbocycles. The molecule has 0 spiro atoms. The summed E-state index contributed by atoms with van der Waals surface area (Å²) in [6, 6.07) is 1.50. The number of aliphatic hydroxyl groups excluding tert-OH is 1. The number of rotatable bonds is 3. The maximum atomic E-state index is 12.0. The third kappa shape index (κ3) is 1.82. The highest BCUT2D eigenvalue weighted by molar-refractivity contribution is 5.13. The van der Waals surface area contributed by atoms with E-state index in [0.29, 0.717) is 12.0 Å². The van der Waals surface area contributed by atoms with Crippen molar-refractivity contribution in [1.29, 1.82) is 0 Å². The second kappa shape index (κ2) is 3.67. The summed E-state index contributed by atoms with van der Waals surface area (Å²) in [5.74, 6) is 0. The molecule has 1 rings (SSSR count). The molecule has 1 unspecified atom stereocenters. The Morgan fingerprint density at radius 3 is 2.67 bits per heavy atom. The molecule has 0 saturated heterocycles. The van der Waals surface area contributed by atoms with Gasteiger partial charge >= 0.3 is 6.55 Å². The fourth-order valence-corrected chi connectivity index (χ4v) is 0.985. The molecule has 0 aliphatic rings. The van der Waals surface area contributed by atoms with Crippen LogP contribution in [0.5, 0.6) is 0 Å². The first kappa shape index (κ1) is 9.19. The first-order valence-electron chi connectivity index (χ1n) is 3.78. The average molecular weight is 175 g/mol. The monoisotopic (exact) mass is 175 g/mol. The molecule has 4 heteroatoms. The van der Waals surface area contributed by atoms with E-state index in [1.807, 2.05) is 0 Å². The Kier molecular flexibility index (Phi) is 2.81. The molecule has 2 nitrogen and oxygen atoms in total. The van der Waals surface area contributed by atoms with E-state index in [9.17, 15) is 13.9 Å². The van der Waals surface area contributed by atoms with E-state index in [1.165, 1.54) is 18.5 Å². The van der Waals surface area contributed by atoms with Crippen LogP contribution in [0, 0.1) is 0 Å². The van der Waals surface area contributed by atoms with Crippen molar-refractivity contribution in [3.8, 4) is 0 Å². The van der Waals surface area contributed by atoms with Gasteiger partial charge in [-0.25, -0.2) is 0 Å². The molecule has 0 amide bonds. The molecule has 1 N–H and O–H groups in total. The molecule has 0 fully saturated rings. The average Bonchev–Trinajstić information content (AvgIpc) is 2.51. The van der Waals surface area contributed by atoms with Crippen molar-refractivity contribution in [2.45, 2.75) is 26.0 Å². The second-order valence-corrected chi connectivity index (χ2v) is 2.59. The number of halogens is 2. The molecule has 1 heterocycles. The number of nitrogens with zero attached hydrogens (tertiary/aromatic N) is 1. The molecule has 0 aliphatic heterocycles. The standard InChI is InChI=1S/C8H11F2NO/c1-2-7(12)6-3-4-11(5-6)8(9)10/h3-5,7-8,12H,2H2,1H3. The van der Waals surface area contributed by atoms with Crippen LogP contribution in [0.3, 0.4) is 0 Å². The molecule has 68 valence electrons. The van der Waals surface area contributed by atoms with Gasteiger partial charge in [0.25, 0.3) is 0 Å². The summed E-state index contributed by atoms with van der Waals surface area (Å²) >= 11 is 0. The highest BCUT2D eigenvalue weighted by atomic mass is 19.3. The molecule has 0 saturated carbocycles. The third-order valence-electron chi connectivity index (χ3n) is 1.73. The lowest BCUT2D eigenvalue weighted by Gasteiger charge is -2.03. The number of aromatic nitrogens is 1. The SMILES string of the molecule is CCC(O)c1ccn(C(F)F)c1. The van der Waals surface area contributed by atoms with Crippen LogP contribution in [0.4, 0.5) is 8.78 Å². The lowest BCUT2D eigenvalue weighted by molar-refractivity contribution is 0.0701. The van der Waals surface area contributed by atoms with Gasteiger partial charge in [0.05, 0.1) is 6.10 Å². The van der Waals surface area contributed by atoms with Crippen molar-refractivity contribution in [2.75, 3.05) is 0 Å². The highest BCUT2D eigenvalue weighted by Crippen LogP contribution is 2.19. The third-order valence-corrected chi connectivity index (χ3v) is 1.73. The van der Waals surface area contributed by atoms with E-state index >= 15 is 0 Å². The van der Waals surface area contributed by atoms with E-state index in [4.69, 9.17) is 0 Å². The summed E-state index contributed by atoms with van der Waals surface area (Å²) in [5, 5.41) is 9.27. The van der Waals surface area contributed by atoms with Gasteiger partial charge in [0.1, 0.15) is 0 Å². The normalized spacial score (nSPS) is 13.8. The van der Waals surface area contributed by atoms with E-state index < -0.39 is 12.7 Å². The summed E-state index contributed by atoms with van der Waals surface area (Å²) in [4.78, 5) is 0. The predicted molar refractivity (Wildman–Crippen MR) is 40.9 cm³/mol. The van der Waals surface area contributed by atoms with Gasteiger partial charge in [-0.05, 0) is 18.1 Å². The van der Waals surface area contributed by atoms with Gasteiger partial charge < -0.3 is 5.11 Å². The van der Waals surface area contributed by atoms with Crippen LogP contribution in [-0.2, 0) is 0 Å². The highest BCUT2D eigenvalue weighted by Gasteiger charge is 2.09. The molecule has 0 aliphatic carbocycles. The fraction of sp³-hybridized carbons (Fsp3) is 0.500. The Balaban J connectivity index is 2.77. The second-order valence-electron chi connectivity index (χ2n) is 2.59. The van der Waals surface area contributed by atoms with Gasteiger partial charge in [-0.15, -0.1) is 0 Å². The molecule has 12 heavy (non-hydrogen) atoms. The molecule has 1 aromatic heterocycles. The van der Waals surface area contributed by atoms with Gasteiger partial charge in [-0.1, -0.05) is 6.92 Å². The topological polar surface area (TPSA) is 25.2 Å². The largest absolute Gasteiger partial charge is 0.388 e. The maximum Gasteiger partial charge on any atom is 0.318 e. The van der Waals surface area contributed by atoms with E-state index in [0.717, 1.165) is 4.57 Å². The minimum Gasteiger partial charge on any atom is -0.388 e. The molecular weight excluding hydrogens is 164 g/mol. The van der Waals surface area contributed by atoms with Gasteiger partial charge in [0.15, 0.2) is 0 Å². The van der Waals surface area contributed by atoms with Gasteiger partial charge in [-0.3, -0.25) is 4.57 Å². The quantitative estimate of drug-likeness (QED) is 0.749. The molecule has 1 atom stereocenters. The Hall–Kier alpha value is -0.900. The minimum atomic E-state index is -2.53. The molecule has 0 radical (unpaired) electrons. The Labute approximate surface area is 69.4 Å². The Morgan fingerprint density at radius 1 is 1.58 bits per heavy atom. The van der Waals surface area contributed by atoms with Gasteiger partial charge in [0.2, 0.25) is 0 Å². The van der Waals surface area contributed by atoms with Crippen molar-refractivity contribution in [1.82, 2.24) is 4.57 Å². The number of aliphatic hydroxyl groups is 1. The van der Waals surface area contributed by atoms with Crippen molar-refractivity contribution >= 4 is 0 Å². The summed E-state index contributed by atoms with van der Waals surface area (Å²) < 4.78 is 24.8. The summed E-state index contributed by atoms with van der Waals surface area (Å²) in [6.07, 6.45) is 2.43. The van der Waals surface area contributed by atoms with Crippen LogP contribution in [0.1, 0.15) is 31.6 Å². The smallest absolute Gasteiger partial charge is 0.318 e. The van der Waals surface area contributed by atoms with Gasteiger partial charge in [0, 0.05) is 12.4 Å². The zero-order valence-corrected chi connectivity index (χ0v) is 6.74. The van der Waals surface area contributed by atoms with Crippen LogP contribution in [-0.4, -0.2) is 9.67 Å². The fourth-order valence-electron chi connectivity index (χ4n) is 0.985. The van der Waals surface area contributed by atoms with E-state index in [-0.39, 0.29) is 0 Å². The maximum absolute atomic E-state index is 12.0. The van der Waals surface area contributed by atoms with E-state index in [2.05, 4.69) is 0 Å². The van der Waals surface area contributed by atoms with Crippen LogP contribution in [0.2, 0.25) is 0 Å². The van der Waals surface area contributed by atoms with Crippen LogP contribution in [0.25, 0.3) is 0 Å². The van der Waals surface area contributed by atoms with Gasteiger partial charge in [-0.2, -0.15) is 8.78 Å². The Bertz CT molecular complexity index is 247. The molecule has 1 aromatic rings. The van der Waals surface area contributed by atoms with Crippen molar-refractivity contribution < 1.29 is 13.9 Å². The predicted octanol–water partition coefficient (Wildman–Crippen LogP) is 2.33. The van der Waals surface area contributed by atoms with Crippen molar-refractivity contribution in [3.63, 3.8) is 0 Å². The zero-order chi connectivity index (χ0) is 9.14. The summed E-state index contributed by atoms with van der Waals surface area (Å²) in [6.45, 7) is -0.729. The number of hydrogen-bond donors (Lipinski definition) is 1. The lowest BCUT2D eigenvalue weighted by atomic mass is 10.1. The van der Waals surface area contributed by atoms with Crippen molar-refractivity contribution in [3.05, 3.63) is 24.0 Å². The summed E-state index contributed by atoms with van der Waals surface area (Å²) in [5.41, 5.74) is 0.540. The lowest BCUT2D eigenvalue weighted by Crippen LogP contribution is -1.95. The zero-order valence-electron chi connectivity index (χ0n) is 6.74. The molecular formula is C8H11F2NO. The molecule has 0 bridgehead atoms. The first-order chi connectivity index (χ1) is 5.65. The van der Waals surface area contributed by atoms with Crippen LogP contribution in [0.15, 0.2) is 18.5 Å². The Morgan fingerprint density at radius 2 is 2.25 bits per heavy atom. The first-order valence-corrected chi connectivity index (χ1v) is 3.78. The number of alkyl halides is 2. The summed E-state index contributed by atoms with van der Waals surface area (Å²) in [7, 11) is 0. The minimum absolute atomic E-state index is 0.535. The van der Waals surface area contributed by atoms with E-state index in [1.54, 1.807) is 6.92 Å². The van der Waals surface area contributed by atoms with Crippen LogP contribution >= 0.6 is 0 Å². The van der Waals surface area contributed by atoms with Crippen molar-refractivity contribution in [2.24, 2.45) is 0 Å². The van der Waals surface area contributed by atoms with Crippen LogP contribution < -0.4 is 0 Å². The number of hydrogen-bond acceptors (Lipinski definition) is 1.